The van der Waals surface area contributed by atoms with Gasteiger partial charge in [-0.15, -0.1) is 0 Å². The van der Waals surface area contributed by atoms with Gasteiger partial charge in [0.15, 0.2) is 0 Å². The summed E-state index contributed by atoms with van der Waals surface area (Å²) in [5, 5.41) is 5.08. The monoisotopic (exact) mass is 509 g/mol. The molecular weight excluding hydrogens is 493 g/mol. The Labute approximate surface area is 201 Å². The molecule has 1 N–H and O–H groups in total. The van der Waals surface area contributed by atoms with E-state index in [4.69, 9.17) is 34.8 Å². The van der Waals surface area contributed by atoms with Crippen molar-refractivity contribution in [2.75, 3.05) is 10.8 Å². The van der Waals surface area contributed by atoms with Gasteiger partial charge in [-0.25, -0.2) is 13.8 Å². The van der Waals surface area contributed by atoms with Crippen LogP contribution in [0, 0.1) is 6.92 Å². The standard InChI is InChI=1S/C22H18Cl3N3O3S/c1-15-19(24)8-5-9-21(15)28(32(30,31)18-6-3-2-4-7-18)14-22(29)27-26-13-16-10-11-17(23)12-20(16)25/h2-13H,14H2,1H3,(H,27,29)/b26-13-. The summed E-state index contributed by atoms with van der Waals surface area (Å²) in [5.41, 5.74) is 3.69. The topological polar surface area (TPSA) is 78.8 Å². The molecule has 6 nitrogen and oxygen atoms in total. The molecule has 166 valence electrons. The average molecular weight is 511 g/mol. The number of sulfonamides is 1. The molecule has 3 aromatic rings. The van der Waals surface area contributed by atoms with E-state index in [1.165, 1.54) is 18.3 Å². The minimum absolute atomic E-state index is 0.0450. The van der Waals surface area contributed by atoms with Gasteiger partial charge in [0.05, 0.1) is 21.8 Å². The highest BCUT2D eigenvalue weighted by atomic mass is 35.5. The van der Waals surface area contributed by atoms with Crippen LogP contribution in [0.25, 0.3) is 0 Å². The van der Waals surface area contributed by atoms with Gasteiger partial charge in [0.1, 0.15) is 6.54 Å². The van der Waals surface area contributed by atoms with Crippen LogP contribution in [0.4, 0.5) is 5.69 Å². The van der Waals surface area contributed by atoms with Crippen LogP contribution >= 0.6 is 34.8 Å². The molecule has 3 aromatic carbocycles. The first-order valence-electron chi connectivity index (χ1n) is 9.30. The minimum Gasteiger partial charge on any atom is -0.271 e. The van der Waals surface area contributed by atoms with E-state index < -0.39 is 22.5 Å². The molecule has 3 rings (SSSR count). The van der Waals surface area contributed by atoms with E-state index in [0.29, 0.717) is 31.9 Å². The van der Waals surface area contributed by atoms with Crippen LogP contribution in [0.15, 0.2) is 76.7 Å². The fraction of sp³-hybridized carbons (Fsp3) is 0.0909. The molecule has 0 saturated heterocycles. The second-order valence-corrected chi connectivity index (χ2v) is 9.78. The van der Waals surface area contributed by atoms with E-state index in [0.717, 1.165) is 4.31 Å². The smallest absolute Gasteiger partial charge is 0.264 e. The van der Waals surface area contributed by atoms with Crippen molar-refractivity contribution in [3.8, 4) is 0 Å². The van der Waals surface area contributed by atoms with E-state index in [1.807, 2.05) is 0 Å². The third kappa shape index (κ3) is 5.61. The Morgan fingerprint density at radius 3 is 2.41 bits per heavy atom. The van der Waals surface area contributed by atoms with Gasteiger partial charge in [0.2, 0.25) is 0 Å². The summed E-state index contributed by atoms with van der Waals surface area (Å²) in [4.78, 5) is 12.7. The van der Waals surface area contributed by atoms with Gasteiger partial charge in [-0.2, -0.15) is 5.10 Å². The Balaban J connectivity index is 1.88. The normalized spacial score (nSPS) is 11.5. The average Bonchev–Trinajstić information content (AvgIpc) is 2.76. The van der Waals surface area contributed by atoms with Crippen molar-refractivity contribution in [2.24, 2.45) is 5.10 Å². The van der Waals surface area contributed by atoms with Gasteiger partial charge in [-0.05, 0) is 48.9 Å². The van der Waals surface area contributed by atoms with Crippen LogP contribution < -0.4 is 9.73 Å². The molecule has 0 atom stereocenters. The maximum absolute atomic E-state index is 13.3. The minimum atomic E-state index is -4.05. The largest absolute Gasteiger partial charge is 0.271 e. The molecule has 0 aliphatic heterocycles. The lowest BCUT2D eigenvalue weighted by atomic mass is 10.2. The van der Waals surface area contributed by atoms with Crippen molar-refractivity contribution in [3.63, 3.8) is 0 Å². The molecule has 32 heavy (non-hydrogen) atoms. The summed E-state index contributed by atoms with van der Waals surface area (Å²) in [5.74, 6) is -0.648. The number of carbonyl (C=O) groups is 1. The van der Waals surface area contributed by atoms with E-state index in [-0.39, 0.29) is 4.90 Å². The first-order valence-corrected chi connectivity index (χ1v) is 11.9. The van der Waals surface area contributed by atoms with Crippen molar-refractivity contribution in [1.29, 1.82) is 0 Å². The van der Waals surface area contributed by atoms with Crippen molar-refractivity contribution >= 4 is 62.6 Å². The SMILES string of the molecule is Cc1c(Cl)cccc1N(CC(=O)N/N=C\c1ccc(Cl)cc1Cl)S(=O)(=O)c1ccccc1. The van der Waals surface area contributed by atoms with E-state index >= 15 is 0 Å². The molecule has 0 saturated carbocycles. The Morgan fingerprint density at radius 1 is 1.00 bits per heavy atom. The van der Waals surface area contributed by atoms with Crippen LogP contribution in [0.5, 0.6) is 0 Å². The lowest BCUT2D eigenvalue weighted by molar-refractivity contribution is -0.119. The van der Waals surface area contributed by atoms with Crippen LogP contribution in [0.2, 0.25) is 15.1 Å². The molecular formula is C22H18Cl3N3O3S. The Hall–Kier alpha value is -2.58. The second-order valence-electron chi connectivity index (χ2n) is 6.67. The van der Waals surface area contributed by atoms with Gasteiger partial charge >= 0.3 is 0 Å². The molecule has 10 heteroatoms. The molecule has 0 fully saturated rings. The second kappa shape index (κ2) is 10.4. The Kier molecular flexibility index (Phi) is 7.79. The molecule has 0 aliphatic carbocycles. The number of carbonyl (C=O) groups excluding carboxylic acids is 1. The zero-order valence-electron chi connectivity index (χ0n) is 16.8. The summed E-state index contributed by atoms with van der Waals surface area (Å²) < 4.78 is 27.7. The van der Waals surface area contributed by atoms with Crippen LogP contribution in [-0.2, 0) is 14.8 Å². The first kappa shape index (κ1) is 24.1. The Morgan fingerprint density at radius 2 is 1.72 bits per heavy atom. The summed E-state index contributed by atoms with van der Waals surface area (Å²) in [6, 6.07) is 17.5. The number of nitrogens with one attached hydrogen (secondary N) is 1. The van der Waals surface area contributed by atoms with E-state index in [2.05, 4.69) is 10.5 Å². The predicted octanol–water partition coefficient (Wildman–Crippen LogP) is 5.30. The van der Waals surface area contributed by atoms with Crippen molar-refractivity contribution in [1.82, 2.24) is 5.43 Å². The summed E-state index contributed by atoms with van der Waals surface area (Å²) in [6.07, 6.45) is 1.34. The fourth-order valence-electron chi connectivity index (χ4n) is 2.83. The zero-order chi connectivity index (χ0) is 23.3. The number of hydrazone groups is 1. The highest BCUT2D eigenvalue weighted by Gasteiger charge is 2.28. The maximum Gasteiger partial charge on any atom is 0.264 e. The maximum atomic E-state index is 13.3. The summed E-state index contributed by atoms with van der Waals surface area (Å²) in [7, 11) is -4.05. The number of rotatable bonds is 7. The molecule has 0 aliphatic rings. The number of amides is 1. The van der Waals surface area contributed by atoms with Gasteiger partial charge in [0, 0.05) is 15.6 Å². The van der Waals surface area contributed by atoms with Gasteiger partial charge in [-0.1, -0.05) is 65.1 Å². The third-order valence-electron chi connectivity index (χ3n) is 4.48. The molecule has 0 radical (unpaired) electrons. The van der Waals surface area contributed by atoms with E-state index in [1.54, 1.807) is 61.5 Å². The Bertz CT molecular complexity index is 1270. The van der Waals surface area contributed by atoms with Gasteiger partial charge in [-0.3, -0.25) is 9.10 Å². The molecule has 0 heterocycles. The molecule has 0 aromatic heterocycles. The molecule has 0 unspecified atom stereocenters. The van der Waals surface area contributed by atoms with Crippen LogP contribution in [0.1, 0.15) is 11.1 Å². The highest BCUT2D eigenvalue weighted by Crippen LogP contribution is 2.30. The highest BCUT2D eigenvalue weighted by molar-refractivity contribution is 7.92. The van der Waals surface area contributed by atoms with Crippen molar-refractivity contribution < 1.29 is 13.2 Å². The van der Waals surface area contributed by atoms with Gasteiger partial charge in [0.25, 0.3) is 15.9 Å². The zero-order valence-corrected chi connectivity index (χ0v) is 19.9. The summed E-state index contributed by atoms with van der Waals surface area (Å²) >= 11 is 18.1. The number of benzene rings is 3. The first-order chi connectivity index (χ1) is 15.2. The van der Waals surface area contributed by atoms with E-state index in [9.17, 15) is 13.2 Å². The third-order valence-corrected chi connectivity index (χ3v) is 7.23. The molecule has 0 bridgehead atoms. The molecule has 0 spiro atoms. The predicted molar refractivity (Wildman–Crippen MR) is 129 cm³/mol. The fourth-order valence-corrected chi connectivity index (χ4v) is 4.96. The van der Waals surface area contributed by atoms with Crippen molar-refractivity contribution in [3.05, 3.63) is 92.9 Å². The van der Waals surface area contributed by atoms with Crippen LogP contribution in [0.3, 0.4) is 0 Å². The number of hydrogen-bond acceptors (Lipinski definition) is 4. The lowest BCUT2D eigenvalue weighted by Gasteiger charge is -2.25. The lowest BCUT2D eigenvalue weighted by Crippen LogP contribution is -2.40. The van der Waals surface area contributed by atoms with Crippen molar-refractivity contribution in [2.45, 2.75) is 11.8 Å². The number of hydrogen-bond donors (Lipinski definition) is 1. The van der Waals surface area contributed by atoms with Gasteiger partial charge < -0.3 is 0 Å². The summed E-state index contributed by atoms with van der Waals surface area (Å²) in [6.45, 7) is 1.17. The molecule has 1 amide bonds. The number of halogens is 3. The number of nitrogens with zero attached hydrogens (tertiary/aromatic N) is 2. The number of anilines is 1. The van der Waals surface area contributed by atoms with Crippen LogP contribution in [-0.4, -0.2) is 27.1 Å². The quantitative estimate of drug-likeness (QED) is 0.346.